The van der Waals surface area contributed by atoms with Gasteiger partial charge in [0.1, 0.15) is 6.04 Å². The van der Waals surface area contributed by atoms with Crippen LogP contribution in [0.3, 0.4) is 0 Å². The Morgan fingerprint density at radius 3 is 2.50 bits per heavy atom. The molecule has 0 spiro atoms. The highest BCUT2D eigenvalue weighted by molar-refractivity contribution is 14.1. The minimum Gasteiger partial charge on any atom is -0.341 e. The molecule has 120 valence electrons. The summed E-state index contributed by atoms with van der Waals surface area (Å²) in [6.07, 6.45) is 0. The molecule has 1 fully saturated rings. The molecule has 6 nitrogen and oxygen atoms in total. The molecule has 0 bridgehead atoms. The number of amides is 2. The first-order valence-corrected chi connectivity index (χ1v) is 9.74. The molecule has 1 N–H and O–H groups in total. The van der Waals surface area contributed by atoms with E-state index in [1.807, 2.05) is 6.07 Å². The van der Waals surface area contributed by atoms with E-state index in [2.05, 4.69) is 27.9 Å². The van der Waals surface area contributed by atoms with Gasteiger partial charge in [0.2, 0.25) is 5.91 Å². The summed E-state index contributed by atoms with van der Waals surface area (Å²) in [7, 11) is -3.03. The third-order valence-electron chi connectivity index (χ3n) is 3.46. The number of halogens is 1. The van der Waals surface area contributed by atoms with Crippen LogP contribution in [-0.2, 0) is 14.6 Å². The first-order valence-electron chi connectivity index (χ1n) is 6.84. The van der Waals surface area contributed by atoms with Gasteiger partial charge >= 0.3 is 0 Å². The maximum absolute atomic E-state index is 12.3. The van der Waals surface area contributed by atoms with E-state index < -0.39 is 15.9 Å². The zero-order valence-electron chi connectivity index (χ0n) is 12.1. The van der Waals surface area contributed by atoms with Crippen molar-refractivity contribution in [3.8, 4) is 0 Å². The molecule has 1 aliphatic heterocycles. The number of carbonyl (C=O) groups is 2. The van der Waals surface area contributed by atoms with E-state index in [1.54, 1.807) is 25.1 Å². The van der Waals surface area contributed by atoms with Crippen LogP contribution in [0.15, 0.2) is 24.3 Å². The van der Waals surface area contributed by atoms with Crippen molar-refractivity contribution in [2.24, 2.45) is 0 Å². The Morgan fingerprint density at radius 2 is 1.91 bits per heavy atom. The Labute approximate surface area is 143 Å². The van der Waals surface area contributed by atoms with Crippen LogP contribution in [-0.4, -0.2) is 55.8 Å². The van der Waals surface area contributed by atoms with E-state index in [0.29, 0.717) is 5.56 Å². The van der Waals surface area contributed by atoms with Gasteiger partial charge in [-0.3, -0.25) is 9.59 Å². The zero-order valence-corrected chi connectivity index (χ0v) is 15.1. The molecule has 2 amide bonds. The average molecular weight is 436 g/mol. The summed E-state index contributed by atoms with van der Waals surface area (Å²) < 4.78 is 23.7. The topological polar surface area (TPSA) is 83.6 Å². The highest BCUT2D eigenvalue weighted by atomic mass is 127. The third-order valence-corrected chi connectivity index (χ3v) is 5.74. The first kappa shape index (κ1) is 17.2. The third kappa shape index (κ3) is 4.42. The van der Waals surface area contributed by atoms with E-state index in [1.165, 1.54) is 4.90 Å². The zero-order chi connectivity index (χ0) is 16.3. The molecule has 1 aliphatic rings. The number of rotatable bonds is 3. The van der Waals surface area contributed by atoms with Crippen molar-refractivity contribution >= 4 is 44.2 Å². The molecule has 1 atom stereocenters. The van der Waals surface area contributed by atoms with Gasteiger partial charge in [-0.1, -0.05) is 6.07 Å². The maximum Gasteiger partial charge on any atom is 0.251 e. The molecule has 0 aromatic heterocycles. The second-order valence-electron chi connectivity index (χ2n) is 5.18. The van der Waals surface area contributed by atoms with E-state index in [0.717, 1.165) is 3.57 Å². The van der Waals surface area contributed by atoms with E-state index in [-0.39, 0.29) is 36.4 Å². The van der Waals surface area contributed by atoms with Gasteiger partial charge in [-0.2, -0.15) is 0 Å². The quantitative estimate of drug-likeness (QED) is 0.707. The molecule has 1 heterocycles. The van der Waals surface area contributed by atoms with Gasteiger partial charge in [0.05, 0.1) is 11.5 Å². The van der Waals surface area contributed by atoms with Gasteiger partial charge in [0, 0.05) is 22.2 Å². The first-order chi connectivity index (χ1) is 10.3. The molecular weight excluding hydrogens is 419 g/mol. The lowest BCUT2D eigenvalue weighted by atomic mass is 10.2. The van der Waals surface area contributed by atoms with Crippen LogP contribution in [0.2, 0.25) is 0 Å². The van der Waals surface area contributed by atoms with E-state index in [4.69, 9.17) is 0 Å². The van der Waals surface area contributed by atoms with Crippen LogP contribution in [0.5, 0.6) is 0 Å². The van der Waals surface area contributed by atoms with Gasteiger partial charge in [-0.05, 0) is 47.7 Å². The predicted molar refractivity (Wildman–Crippen MR) is 91.3 cm³/mol. The normalized spacial score (nSPS) is 18.5. The minimum atomic E-state index is -3.03. The van der Waals surface area contributed by atoms with Crippen LogP contribution in [0.4, 0.5) is 0 Å². The number of carbonyl (C=O) groups excluding carboxylic acids is 2. The molecule has 0 radical (unpaired) electrons. The fourth-order valence-electron chi connectivity index (χ4n) is 2.18. The lowest BCUT2D eigenvalue weighted by Crippen LogP contribution is -2.51. The van der Waals surface area contributed by atoms with Crippen molar-refractivity contribution in [1.82, 2.24) is 10.2 Å². The van der Waals surface area contributed by atoms with Crippen molar-refractivity contribution in [3.05, 3.63) is 33.4 Å². The molecule has 1 unspecified atom stereocenters. The second-order valence-corrected chi connectivity index (χ2v) is 8.73. The summed E-state index contributed by atoms with van der Waals surface area (Å²) in [6.45, 7) is 1.98. The van der Waals surface area contributed by atoms with Crippen LogP contribution >= 0.6 is 22.6 Å². The largest absolute Gasteiger partial charge is 0.341 e. The van der Waals surface area contributed by atoms with E-state index in [9.17, 15) is 18.0 Å². The predicted octanol–water partition coefficient (Wildman–Crippen LogP) is 0.667. The van der Waals surface area contributed by atoms with Gasteiger partial charge in [0.25, 0.3) is 5.91 Å². The van der Waals surface area contributed by atoms with Crippen molar-refractivity contribution < 1.29 is 18.0 Å². The van der Waals surface area contributed by atoms with Crippen molar-refractivity contribution in [1.29, 1.82) is 0 Å². The minimum absolute atomic E-state index is 0.0176. The Kier molecular flexibility index (Phi) is 5.43. The lowest BCUT2D eigenvalue weighted by molar-refractivity contribution is -0.132. The molecule has 2 rings (SSSR count). The summed E-state index contributed by atoms with van der Waals surface area (Å²) in [5, 5.41) is 2.66. The van der Waals surface area contributed by atoms with Crippen molar-refractivity contribution in [2.75, 3.05) is 24.6 Å². The Bertz CT molecular complexity index is 676. The highest BCUT2D eigenvalue weighted by Gasteiger charge is 2.28. The second kappa shape index (κ2) is 6.95. The lowest BCUT2D eigenvalue weighted by Gasteiger charge is -2.29. The molecule has 8 heteroatoms. The number of hydrogen-bond donors (Lipinski definition) is 1. The molecule has 22 heavy (non-hydrogen) atoms. The van der Waals surface area contributed by atoms with Crippen molar-refractivity contribution in [3.63, 3.8) is 0 Å². The van der Waals surface area contributed by atoms with Gasteiger partial charge < -0.3 is 10.2 Å². The fourth-order valence-corrected chi connectivity index (χ4v) is 3.92. The molecule has 0 aliphatic carbocycles. The van der Waals surface area contributed by atoms with Gasteiger partial charge in [-0.25, -0.2) is 8.42 Å². The molecule has 1 saturated heterocycles. The van der Waals surface area contributed by atoms with E-state index >= 15 is 0 Å². The van der Waals surface area contributed by atoms with Crippen molar-refractivity contribution in [2.45, 2.75) is 13.0 Å². The Balaban J connectivity index is 1.95. The highest BCUT2D eigenvalue weighted by Crippen LogP contribution is 2.09. The summed E-state index contributed by atoms with van der Waals surface area (Å²) in [4.78, 5) is 25.9. The van der Waals surface area contributed by atoms with Crippen LogP contribution < -0.4 is 5.32 Å². The number of hydrogen-bond acceptors (Lipinski definition) is 4. The standard InChI is InChI=1S/C14H17IN2O4S/c1-10(14(19)17-5-7-22(20,21)8-6-17)16-13(18)11-3-2-4-12(15)9-11/h2-4,9-10H,5-8H2,1H3,(H,16,18). The average Bonchev–Trinajstić information content (AvgIpc) is 2.46. The molecule has 1 aromatic carbocycles. The van der Waals surface area contributed by atoms with Crippen LogP contribution in [0.25, 0.3) is 0 Å². The monoisotopic (exact) mass is 436 g/mol. The number of sulfone groups is 1. The number of nitrogens with one attached hydrogen (secondary N) is 1. The summed E-state index contributed by atoms with van der Waals surface area (Å²) >= 11 is 2.11. The number of benzene rings is 1. The summed E-state index contributed by atoms with van der Waals surface area (Å²) in [6, 6.07) is 6.38. The smallest absolute Gasteiger partial charge is 0.251 e. The molecule has 1 aromatic rings. The SMILES string of the molecule is CC(NC(=O)c1cccc(I)c1)C(=O)N1CCS(=O)(=O)CC1. The fraction of sp³-hybridized carbons (Fsp3) is 0.429. The maximum atomic E-state index is 12.3. The van der Waals surface area contributed by atoms with Gasteiger partial charge in [-0.15, -0.1) is 0 Å². The Morgan fingerprint density at radius 1 is 1.27 bits per heavy atom. The summed E-state index contributed by atoms with van der Waals surface area (Å²) in [5.74, 6) is -0.607. The molecule has 0 saturated carbocycles. The Hall–Kier alpha value is -1.16. The molecular formula is C14H17IN2O4S. The number of nitrogens with zero attached hydrogens (tertiary/aromatic N) is 1. The summed E-state index contributed by atoms with van der Waals surface area (Å²) in [5.41, 5.74) is 0.493. The van der Waals surface area contributed by atoms with Crippen LogP contribution in [0, 0.1) is 3.57 Å². The van der Waals surface area contributed by atoms with Crippen LogP contribution in [0.1, 0.15) is 17.3 Å². The van der Waals surface area contributed by atoms with Gasteiger partial charge in [0.15, 0.2) is 9.84 Å².